The maximum Gasteiger partial charge on any atom is 0.232 e. The van der Waals surface area contributed by atoms with Crippen molar-refractivity contribution in [1.29, 1.82) is 0 Å². The van der Waals surface area contributed by atoms with Crippen LogP contribution in [0.3, 0.4) is 0 Å². The summed E-state index contributed by atoms with van der Waals surface area (Å²) in [6, 6.07) is 29.0. The van der Waals surface area contributed by atoms with Crippen molar-refractivity contribution in [2.45, 2.75) is 31.3 Å². The van der Waals surface area contributed by atoms with Crippen LogP contribution in [0.15, 0.2) is 90.0 Å². The van der Waals surface area contributed by atoms with Gasteiger partial charge in [0.1, 0.15) is 5.75 Å². The number of rotatable bonds is 4. The minimum absolute atomic E-state index is 0.0479. The Morgan fingerprint density at radius 1 is 0.879 bits per heavy atom. The second kappa shape index (κ2) is 8.07. The number of para-hydroxylation sites is 1. The molecule has 0 bridgehead atoms. The highest BCUT2D eigenvalue weighted by atomic mass is 16.5. The number of hydrogen-bond donors (Lipinski definition) is 0. The van der Waals surface area contributed by atoms with Crippen molar-refractivity contribution >= 4 is 23.0 Å². The molecule has 0 aromatic heterocycles. The fraction of sp³-hybridized carbons (Fsp3) is 0.286. The molecule has 33 heavy (non-hydrogen) atoms. The van der Waals surface area contributed by atoms with Crippen molar-refractivity contribution in [2.75, 3.05) is 17.0 Å². The summed E-state index contributed by atoms with van der Waals surface area (Å²) >= 11 is 0. The molecule has 1 aliphatic carbocycles. The summed E-state index contributed by atoms with van der Waals surface area (Å²) in [7, 11) is 1.66. The third kappa shape index (κ3) is 3.22. The van der Waals surface area contributed by atoms with E-state index in [-0.39, 0.29) is 29.8 Å². The summed E-state index contributed by atoms with van der Waals surface area (Å²) in [4.78, 5) is 15.3. The Morgan fingerprint density at radius 3 is 2.27 bits per heavy atom. The molecular formula is C28H27N3O2. The van der Waals surface area contributed by atoms with Crippen molar-refractivity contribution in [3.05, 3.63) is 90.5 Å². The van der Waals surface area contributed by atoms with Gasteiger partial charge in [-0.25, -0.2) is 0 Å². The second-order valence-corrected chi connectivity index (χ2v) is 9.05. The molecule has 0 unspecified atom stereocenters. The van der Waals surface area contributed by atoms with Crippen LogP contribution < -0.4 is 14.6 Å². The van der Waals surface area contributed by atoms with Gasteiger partial charge in [-0.3, -0.25) is 9.80 Å². The zero-order chi connectivity index (χ0) is 22.4. The number of carbonyl (C=O) groups is 1. The molecule has 4 atom stereocenters. The first-order valence-electron chi connectivity index (χ1n) is 11.7. The molecule has 3 aromatic carbocycles. The van der Waals surface area contributed by atoms with Crippen molar-refractivity contribution in [2.24, 2.45) is 16.9 Å². The Morgan fingerprint density at radius 2 is 1.58 bits per heavy atom. The first kappa shape index (κ1) is 20.0. The molecule has 2 aliphatic heterocycles. The van der Waals surface area contributed by atoms with Gasteiger partial charge in [-0.05, 0) is 61.2 Å². The molecule has 2 fully saturated rings. The molecular weight excluding hydrogens is 410 g/mol. The van der Waals surface area contributed by atoms with Crippen LogP contribution in [0.1, 0.15) is 30.9 Å². The van der Waals surface area contributed by atoms with E-state index in [1.165, 1.54) is 11.3 Å². The maximum atomic E-state index is 13.3. The number of ether oxygens (including phenoxy) is 1. The van der Waals surface area contributed by atoms with Crippen LogP contribution in [-0.4, -0.2) is 24.8 Å². The number of hydrazone groups is 1. The minimum atomic E-state index is 0.0479. The molecule has 3 aliphatic rings. The lowest BCUT2D eigenvalue weighted by atomic mass is 9.72. The standard InChI is InChI=1S/C28H27N3O2/c1-33-22-17-15-20(16-18-22)30-27-23(28(30)32)13-8-14-24-25(27)26(19-9-4-2-5-10-19)31(29-24)21-11-6-3-7-12-21/h2-7,9-12,15-18,23,25-27H,8,13-14H2,1H3/t23-,25-,26+,27-/m0/s1. The minimum Gasteiger partial charge on any atom is -0.497 e. The van der Waals surface area contributed by atoms with Crippen molar-refractivity contribution in [3.8, 4) is 5.75 Å². The van der Waals surface area contributed by atoms with Gasteiger partial charge in [-0.1, -0.05) is 48.5 Å². The van der Waals surface area contributed by atoms with Crippen LogP contribution in [0.2, 0.25) is 0 Å². The molecule has 0 radical (unpaired) electrons. The average molecular weight is 438 g/mol. The van der Waals surface area contributed by atoms with Gasteiger partial charge < -0.3 is 9.64 Å². The van der Waals surface area contributed by atoms with Gasteiger partial charge in [0.25, 0.3) is 0 Å². The lowest BCUT2D eigenvalue weighted by Crippen LogP contribution is -2.65. The van der Waals surface area contributed by atoms with E-state index in [0.717, 1.165) is 36.4 Å². The van der Waals surface area contributed by atoms with Crippen LogP contribution in [0.25, 0.3) is 0 Å². The first-order valence-corrected chi connectivity index (χ1v) is 11.7. The number of anilines is 2. The Kier molecular flexibility index (Phi) is 4.90. The summed E-state index contributed by atoms with van der Waals surface area (Å²) < 4.78 is 5.33. The Labute approximate surface area is 194 Å². The Hall–Kier alpha value is -3.60. The van der Waals surface area contributed by atoms with E-state index in [4.69, 9.17) is 9.84 Å². The average Bonchev–Trinajstić information content (AvgIpc) is 3.16. The highest BCUT2D eigenvalue weighted by molar-refractivity contribution is 6.06. The molecule has 2 heterocycles. The number of benzene rings is 3. The number of β-lactam (4-membered cyclic amide) rings is 1. The maximum absolute atomic E-state index is 13.3. The van der Waals surface area contributed by atoms with Crippen molar-refractivity contribution in [1.82, 2.24) is 0 Å². The predicted octanol–water partition coefficient (Wildman–Crippen LogP) is 5.44. The van der Waals surface area contributed by atoms with E-state index >= 15 is 0 Å². The molecule has 1 saturated heterocycles. The zero-order valence-corrected chi connectivity index (χ0v) is 18.7. The molecule has 0 spiro atoms. The summed E-state index contributed by atoms with van der Waals surface area (Å²) in [6.45, 7) is 0. The molecule has 1 amide bonds. The summed E-state index contributed by atoms with van der Waals surface area (Å²) in [5.74, 6) is 1.23. The van der Waals surface area contributed by atoms with Crippen LogP contribution in [0, 0.1) is 11.8 Å². The van der Waals surface area contributed by atoms with E-state index in [1.807, 2.05) is 35.2 Å². The number of nitrogens with zero attached hydrogens (tertiary/aromatic N) is 3. The highest BCUT2D eigenvalue weighted by Gasteiger charge is 2.58. The van der Waals surface area contributed by atoms with Gasteiger partial charge in [0.05, 0.1) is 30.8 Å². The van der Waals surface area contributed by atoms with Crippen LogP contribution >= 0.6 is 0 Å². The highest BCUT2D eigenvalue weighted by Crippen LogP contribution is 2.51. The van der Waals surface area contributed by atoms with Crippen LogP contribution in [0.5, 0.6) is 5.75 Å². The molecule has 6 rings (SSSR count). The molecule has 5 nitrogen and oxygen atoms in total. The number of amides is 1. The third-order valence-corrected chi connectivity index (χ3v) is 7.32. The molecule has 5 heteroatoms. The van der Waals surface area contributed by atoms with Crippen LogP contribution in [-0.2, 0) is 4.79 Å². The Balaban J connectivity index is 1.45. The van der Waals surface area contributed by atoms with Crippen molar-refractivity contribution < 1.29 is 9.53 Å². The van der Waals surface area contributed by atoms with E-state index in [0.29, 0.717) is 0 Å². The predicted molar refractivity (Wildman–Crippen MR) is 131 cm³/mol. The van der Waals surface area contributed by atoms with E-state index < -0.39 is 0 Å². The summed E-state index contributed by atoms with van der Waals surface area (Å²) in [6.07, 6.45) is 2.87. The molecule has 0 N–H and O–H groups in total. The number of carbonyl (C=O) groups excluding carboxylic acids is 1. The van der Waals surface area contributed by atoms with Crippen LogP contribution in [0.4, 0.5) is 11.4 Å². The summed E-state index contributed by atoms with van der Waals surface area (Å²) in [5, 5.41) is 7.38. The topological polar surface area (TPSA) is 45.1 Å². The van der Waals surface area contributed by atoms with Gasteiger partial charge in [-0.15, -0.1) is 0 Å². The second-order valence-electron chi connectivity index (χ2n) is 9.05. The summed E-state index contributed by atoms with van der Waals surface area (Å²) in [5.41, 5.74) is 4.48. The normalized spacial score (nSPS) is 26.1. The zero-order valence-electron chi connectivity index (χ0n) is 18.7. The molecule has 1 saturated carbocycles. The largest absolute Gasteiger partial charge is 0.497 e. The fourth-order valence-corrected chi connectivity index (χ4v) is 5.82. The van der Waals surface area contributed by atoms with Gasteiger partial charge in [0.2, 0.25) is 5.91 Å². The number of fused-ring (bicyclic) bond motifs is 3. The van der Waals surface area contributed by atoms with E-state index in [2.05, 4.69) is 59.6 Å². The van der Waals surface area contributed by atoms with Gasteiger partial charge in [-0.2, -0.15) is 5.10 Å². The number of hydrogen-bond acceptors (Lipinski definition) is 4. The smallest absolute Gasteiger partial charge is 0.232 e. The molecule has 166 valence electrons. The SMILES string of the molecule is COc1ccc(N2C(=O)[C@H]3CCCC4=NN(c5ccccc5)[C@H](c5ccccc5)[C@H]4[C@H]32)cc1. The lowest BCUT2D eigenvalue weighted by Gasteiger charge is -2.50. The van der Waals surface area contributed by atoms with E-state index in [9.17, 15) is 4.79 Å². The van der Waals surface area contributed by atoms with E-state index in [1.54, 1.807) is 7.11 Å². The number of methoxy groups -OCH3 is 1. The third-order valence-electron chi connectivity index (χ3n) is 7.32. The monoisotopic (exact) mass is 437 g/mol. The molecule has 3 aromatic rings. The fourth-order valence-electron chi connectivity index (χ4n) is 5.82. The lowest BCUT2D eigenvalue weighted by molar-refractivity contribution is -0.131. The van der Waals surface area contributed by atoms with Gasteiger partial charge >= 0.3 is 0 Å². The quantitative estimate of drug-likeness (QED) is 0.510. The van der Waals surface area contributed by atoms with Gasteiger partial charge in [0.15, 0.2) is 0 Å². The van der Waals surface area contributed by atoms with Crippen molar-refractivity contribution in [3.63, 3.8) is 0 Å². The Bertz CT molecular complexity index is 1180. The van der Waals surface area contributed by atoms with Gasteiger partial charge in [0, 0.05) is 17.3 Å². The first-order chi connectivity index (χ1) is 16.3.